The van der Waals surface area contributed by atoms with Gasteiger partial charge in [-0.1, -0.05) is 0 Å². The van der Waals surface area contributed by atoms with Crippen molar-refractivity contribution >= 4 is 0 Å². The van der Waals surface area contributed by atoms with E-state index in [9.17, 15) is 0 Å². The molecule has 0 bridgehead atoms. The molecule has 4 nitrogen and oxygen atoms in total. The third-order valence-corrected chi connectivity index (χ3v) is 2.27. The predicted molar refractivity (Wildman–Crippen MR) is 53.4 cm³/mol. The van der Waals surface area contributed by atoms with Gasteiger partial charge in [0.25, 0.3) is 0 Å². The van der Waals surface area contributed by atoms with Crippen LogP contribution in [0.1, 0.15) is 18.7 Å². The summed E-state index contributed by atoms with van der Waals surface area (Å²) in [5.41, 5.74) is 6.90. The minimum Gasteiger partial charge on any atom is -0.333 e. The van der Waals surface area contributed by atoms with Crippen LogP contribution in [-0.2, 0) is 6.54 Å². The Bertz CT molecular complexity index is 254. The predicted octanol–water partition coefficient (Wildman–Crippen LogP) is 0.464. The second-order valence-electron chi connectivity index (χ2n) is 3.32. The monoisotopic (exact) mass is 182 g/mol. The molecule has 74 valence electrons. The van der Waals surface area contributed by atoms with Crippen molar-refractivity contribution in [2.45, 2.75) is 19.5 Å². The van der Waals surface area contributed by atoms with E-state index in [-0.39, 0.29) is 6.04 Å². The minimum absolute atomic E-state index is 0.266. The molecule has 0 saturated heterocycles. The van der Waals surface area contributed by atoms with Gasteiger partial charge in [-0.15, -0.1) is 0 Å². The van der Waals surface area contributed by atoms with E-state index in [2.05, 4.69) is 21.4 Å². The quantitative estimate of drug-likeness (QED) is 0.736. The van der Waals surface area contributed by atoms with E-state index in [1.165, 1.54) is 5.69 Å². The summed E-state index contributed by atoms with van der Waals surface area (Å²) < 4.78 is 2.12. The maximum absolute atomic E-state index is 5.71. The van der Waals surface area contributed by atoms with Crippen molar-refractivity contribution in [3.63, 3.8) is 0 Å². The number of hydrogen-bond acceptors (Lipinski definition) is 3. The Hall–Kier alpha value is -0.870. The number of imidazole rings is 1. The maximum atomic E-state index is 5.71. The van der Waals surface area contributed by atoms with E-state index < -0.39 is 0 Å². The van der Waals surface area contributed by atoms with Crippen LogP contribution in [0, 0.1) is 0 Å². The van der Waals surface area contributed by atoms with Crippen LogP contribution in [0.2, 0.25) is 0 Å². The lowest BCUT2D eigenvalue weighted by Gasteiger charge is -2.23. The molecule has 0 aliphatic carbocycles. The molecule has 0 spiro atoms. The summed E-state index contributed by atoms with van der Waals surface area (Å²) in [5.74, 6) is 0. The SMILES string of the molecule is CCn1cncc1C(CN)N(C)C. The van der Waals surface area contributed by atoms with Gasteiger partial charge in [0.2, 0.25) is 0 Å². The number of hydrogen-bond donors (Lipinski definition) is 1. The van der Waals surface area contributed by atoms with Crippen molar-refractivity contribution in [3.05, 3.63) is 18.2 Å². The number of likely N-dealkylation sites (N-methyl/N-ethyl adjacent to an activating group) is 1. The smallest absolute Gasteiger partial charge is 0.0948 e. The Morgan fingerprint density at radius 3 is 2.77 bits per heavy atom. The van der Waals surface area contributed by atoms with Gasteiger partial charge in [0.1, 0.15) is 0 Å². The standard InChI is InChI=1S/C9H18N4/c1-4-13-7-11-6-9(13)8(5-10)12(2)3/h6-8H,4-5,10H2,1-3H3. The van der Waals surface area contributed by atoms with Crippen LogP contribution in [0.25, 0.3) is 0 Å². The van der Waals surface area contributed by atoms with Crippen LogP contribution in [0.3, 0.4) is 0 Å². The van der Waals surface area contributed by atoms with Gasteiger partial charge in [-0.05, 0) is 21.0 Å². The fourth-order valence-corrected chi connectivity index (χ4v) is 1.47. The van der Waals surface area contributed by atoms with Crippen molar-refractivity contribution in [3.8, 4) is 0 Å². The highest BCUT2D eigenvalue weighted by molar-refractivity contribution is 5.05. The van der Waals surface area contributed by atoms with Gasteiger partial charge in [0.05, 0.1) is 18.1 Å². The van der Waals surface area contributed by atoms with Gasteiger partial charge >= 0.3 is 0 Å². The summed E-state index contributed by atoms with van der Waals surface area (Å²) in [6, 6.07) is 0.266. The first-order valence-corrected chi connectivity index (χ1v) is 4.57. The Balaban J connectivity index is 2.90. The minimum atomic E-state index is 0.266. The molecule has 0 aliphatic heterocycles. The van der Waals surface area contributed by atoms with Gasteiger partial charge in [-0.3, -0.25) is 4.90 Å². The van der Waals surface area contributed by atoms with E-state index in [1.807, 2.05) is 26.6 Å². The van der Waals surface area contributed by atoms with E-state index in [0.717, 1.165) is 6.54 Å². The van der Waals surface area contributed by atoms with E-state index >= 15 is 0 Å². The molecule has 0 aliphatic rings. The van der Waals surface area contributed by atoms with Crippen LogP contribution in [0.5, 0.6) is 0 Å². The normalized spacial score (nSPS) is 13.6. The average molecular weight is 182 g/mol. The average Bonchev–Trinajstić information content (AvgIpc) is 2.53. The molecule has 1 rings (SSSR count). The van der Waals surface area contributed by atoms with Gasteiger partial charge in [-0.25, -0.2) is 4.98 Å². The van der Waals surface area contributed by atoms with Crippen molar-refractivity contribution in [2.75, 3.05) is 20.6 Å². The molecule has 2 N–H and O–H groups in total. The Labute approximate surface area is 79.4 Å². The summed E-state index contributed by atoms with van der Waals surface area (Å²) in [6.45, 7) is 3.67. The highest BCUT2D eigenvalue weighted by Crippen LogP contribution is 2.15. The molecule has 1 aromatic rings. The lowest BCUT2D eigenvalue weighted by Crippen LogP contribution is -2.29. The lowest BCUT2D eigenvalue weighted by molar-refractivity contribution is 0.293. The fourth-order valence-electron chi connectivity index (χ4n) is 1.47. The molecule has 1 unspecified atom stereocenters. The number of aromatic nitrogens is 2. The van der Waals surface area contributed by atoms with E-state index in [1.54, 1.807) is 0 Å². The van der Waals surface area contributed by atoms with Gasteiger partial charge in [0.15, 0.2) is 0 Å². The van der Waals surface area contributed by atoms with Crippen LogP contribution in [0.15, 0.2) is 12.5 Å². The summed E-state index contributed by atoms with van der Waals surface area (Å²) in [4.78, 5) is 6.24. The lowest BCUT2D eigenvalue weighted by atomic mass is 10.2. The molecular weight excluding hydrogens is 164 g/mol. The van der Waals surface area contributed by atoms with Gasteiger partial charge in [-0.2, -0.15) is 0 Å². The molecule has 1 heterocycles. The number of nitrogens with two attached hydrogens (primary N) is 1. The first kappa shape index (κ1) is 10.2. The second-order valence-corrected chi connectivity index (χ2v) is 3.32. The fraction of sp³-hybridized carbons (Fsp3) is 0.667. The molecule has 0 radical (unpaired) electrons. The molecule has 4 heteroatoms. The van der Waals surface area contributed by atoms with E-state index in [4.69, 9.17) is 5.73 Å². The highest BCUT2D eigenvalue weighted by Gasteiger charge is 2.15. The summed E-state index contributed by atoms with van der Waals surface area (Å²) >= 11 is 0. The molecule has 1 aromatic heterocycles. The van der Waals surface area contributed by atoms with Crippen molar-refractivity contribution in [1.29, 1.82) is 0 Å². The van der Waals surface area contributed by atoms with Gasteiger partial charge in [0, 0.05) is 19.3 Å². The summed E-state index contributed by atoms with van der Waals surface area (Å²) in [7, 11) is 4.06. The zero-order valence-corrected chi connectivity index (χ0v) is 8.57. The van der Waals surface area contributed by atoms with E-state index in [0.29, 0.717) is 6.54 Å². The van der Waals surface area contributed by atoms with Crippen LogP contribution in [0.4, 0.5) is 0 Å². The van der Waals surface area contributed by atoms with Crippen LogP contribution in [-0.4, -0.2) is 35.1 Å². The second kappa shape index (κ2) is 4.39. The van der Waals surface area contributed by atoms with Crippen molar-refractivity contribution in [1.82, 2.24) is 14.5 Å². The van der Waals surface area contributed by atoms with Crippen LogP contribution < -0.4 is 5.73 Å². The number of aryl methyl sites for hydroxylation is 1. The molecule has 13 heavy (non-hydrogen) atoms. The number of nitrogens with zero attached hydrogens (tertiary/aromatic N) is 3. The molecule has 0 aromatic carbocycles. The van der Waals surface area contributed by atoms with Crippen molar-refractivity contribution < 1.29 is 0 Å². The maximum Gasteiger partial charge on any atom is 0.0948 e. The zero-order chi connectivity index (χ0) is 9.84. The summed E-state index contributed by atoms with van der Waals surface area (Å²) in [6.07, 6.45) is 3.74. The molecule has 0 amide bonds. The first-order chi connectivity index (χ1) is 6.20. The third-order valence-electron chi connectivity index (χ3n) is 2.27. The topological polar surface area (TPSA) is 47.1 Å². The Morgan fingerprint density at radius 2 is 2.31 bits per heavy atom. The van der Waals surface area contributed by atoms with Crippen LogP contribution >= 0.6 is 0 Å². The summed E-state index contributed by atoms with van der Waals surface area (Å²) in [5, 5.41) is 0. The Morgan fingerprint density at radius 1 is 1.62 bits per heavy atom. The Kier molecular flexibility index (Phi) is 3.45. The van der Waals surface area contributed by atoms with Crippen molar-refractivity contribution in [2.24, 2.45) is 5.73 Å². The third kappa shape index (κ3) is 2.08. The van der Waals surface area contributed by atoms with Gasteiger partial charge < -0.3 is 10.3 Å². The zero-order valence-electron chi connectivity index (χ0n) is 8.57. The largest absolute Gasteiger partial charge is 0.333 e. The molecule has 1 atom stereocenters. The molecular formula is C9H18N4. The highest BCUT2D eigenvalue weighted by atomic mass is 15.2. The number of rotatable bonds is 4. The molecule has 0 saturated carbocycles. The first-order valence-electron chi connectivity index (χ1n) is 4.57. The molecule has 0 fully saturated rings.